The highest BCUT2D eigenvalue weighted by Crippen LogP contribution is 2.24. The van der Waals surface area contributed by atoms with Gasteiger partial charge >= 0.3 is 0 Å². The van der Waals surface area contributed by atoms with Crippen LogP contribution in [0.2, 0.25) is 0 Å². The molecule has 2 fully saturated rings. The molecule has 3 heteroatoms. The first-order chi connectivity index (χ1) is 8.07. The molecule has 0 saturated carbocycles. The van der Waals surface area contributed by atoms with E-state index in [1.165, 1.54) is 32.2 Å². The highest BCUT2D eigenvalue weighted by Gasteiger charge is 2.30. The number of ether oxygens (including phenoxy) is 1. The first-order valence-electron chi connectivity index (χ1n) is 7.10. The zero-order valence-corrected chi connectivity index (χ0v) is 11.7. The van der Waals surface area contributed by atoms with Gasteiger partial charge in [-0.2, -0.15) is 0 Å². The lowest BCUT2D eigenvalue weighted by atomic mass is 9.88. The van der Waals surface area contributed by atoms with Gasteiger partial charge in [-0.05, 0) is 59.0 Å². The summed E-state index contributed by atoms with van der Waals surface area (Å²) in [4.78, 5) is 2.60. The van der Waals surface area contributed by atoms with Crippen LogP contribution in [0.5, 0.6) is 0 Å². The molecule has 2 aliphatic heterocycles. The summed E-state index contributed by atoms with van der Waals surface area (Å²) in [6.07, 6.45) is 5.06. The van der Waals surface area contributed by atoms with Crippen molar-refractivity contribution in [1.29, 1.82) is 0 Å². The Labute approximate surface area is 106 Å². The molecule has 0 aliphatic carbocycles. The molecule has 2 heterocycles. The third kappa shape index (κ3) is 3.94. The van der Waals surface area contributed by atoms with E-state index in [2.05, 4.69) is 31.1 Å². The second kappa shape index (κ2) is 5.68. The van der Waals surface area contributed by atoms with Gasteiger partial charge in [-0.1, -0.05) is 0 Å². The van der Waals surface area contributed by atoms with E-state index in [9.17, 15) is 0 Å². The van der Waals surface area contributed by atoms with E-state index in [1.54, 1.807) is 0 Å². The number of piperidine rings is 1. The molecule has 17 heavy (non-hydrogen) atoms. The molecule has 0 aromatic rings. The van der Waals surface area contributed by atoms with Gasteiger partial charge in [-0.25, -0.2) is 0 Å². The predicted octanol–water partition coefficient (Wildman–Crippen LogP) is 1.88. The van der Waals surface area contributed by atoms with Gasteiger partial charge in [-0.3, -0.25) is 0 Å². The lowest BCUT2D eigenvalue weighted by Crippen LogP contribution is -2.53. The molecule has 1 atom stereocenters. The molecule has 1 N–H and O–H groups in total. The summed E-state index contributed by atoms with van der Waals surface area (Å²) in [5, 5.41) is 3.60. The van der Waals surface area contributed by atoms with Crippen molar-refractivity contribution in [2.75, 3.05) is 33.4 Å². The molecule has 2 aliphatic rings. The highest BCUT2D eigenvalue weighted by atomic mass is 16.5. The summed E-state index contributed by atoms with van der Waals surface area (Å²) in [7, 11) is 2.31. The largest absolute Gasteiger partial charge is 0.381 e. The maximum atomic E-state index is 5.43. The van der Waals surface area contributed by atoms with Crippen molar-refractivity contribution >= 4 is 0 Å². The number of nitrogens with zero attached hydrogens (tertiary/aromatic N) is 1. The average molecular weight is 240 g/mol. The van der Waals surface area contributed by atoms with Gasteiger partial charge in [0.2, 0.25) is 0 Å². The van der Waals surface area contributed by atoms with E-state index in [-0.39, 0.29) is 0 Å². The zero-order chi connectivity index (χ0) is 12.3. The number of hydrogen-bond donors (Lipinski definition) is 1. The molecule has 0 radical (unpaired) electrons. The van der Waals surface area contributed by atoms with Crippen LogP contribution in [0.15, 0.2) is 0 Å². The van der Waals surface area contributed by atoms with Crippen molar-refractivity contribution in [2.45, 2.75) is 51.1 Å². The van der Waals surface area contributed by atoms with Crippen molar-refractivity contribution in [3.63, 3.8) is 0 Å². The van der Waals surface area contributed by atoms with Gasteiger partial charge in [0.1, 0.15) is 0 Å². The number of hydrogen-bond acceptors (Lipinski definition) is 3. The van der Waals surface area contributed by atoms with Crippen molar-refractivity contribution in [2.24, 2.45) is 5.92 Å². The Morgan fingerprint density at radius 2 is 1.94 bits per heavy atom. The van der Waals surface area contributed by atoms with Gasteiger partial charge in [-0.15, -0.1) is 0 Å². The maximum Gasteiger partial charge on any atom is 0.0469 e. The predicted molar refractivity (Wildman–Crippen MR) is 71.3 cm³/mol. The Hall–Kier alpha value is -0.120. The second-order valence-electron chi connectivity index (χ2n) is 6.45. The normalized spacial score (nSPS) is 30.7. The van der Waals surface area contributed by atoms with E-state index >= 15 is 0 Å². The number of nitrogens with one attached hydrogen (secondary N) is 1. The fourth-order valence-corrected chi connectivity index (χ4v) is 3.20. The average Bonchev–Trinajstić information content (AvgIpc) is 2.29. The molecule has 2 rings (SSSR count). The van der Waals surface area contributed by atoms with Crippen LogP contribution in [0.25, 0.3) is 0 Å². The molecule has 1 unspecified atom stereocenters. The fraction of sp³-hybridized carbons (Fsp3) is 1.00. The Morgan fingerprint density at radius 1 is 1.24 bits per heavy atom. The minimum atomic E-state index is 0.312. The van der Waals surface area contributed by atoms with E-state index in [4.69, 9.17) is 4.74 Å². The molecule has 0 aromatic heterocycles. The summed E-state index contributed by atoms with van der Waals surface area (Å²) in [5.41, 5.74) is 0.312. The molecular weight excluding hydrogens is 212 g/mol. The summed E-state index contributed by atoms with van der Waals surface area (Å²) in [5.74, 6) is 0.853. The molecule has 2 saturated heterocycles. The van der Waals surface area contributed by atoms with Crippen LogP contribution in [-0.4, -0.2) is 49.8 Å². The fourth-order valence-electron chi connectivity index (χ4n) is 3.20. The van der Waals surface area contributed by atoms with Crippen LogP contribution < -0.4 is 5.32 Å². The van der Waals surface area contributed by atoms with Crippen LogP contribution in [0.4, 0.5) is 0 Å². The van der Waals surface area contributed by atoms with Gasteiger partial charge < -0.3 is 15.0 Å². The van der Waals surface area contributed by atoms with Crippen LogP contribution in [0, 0.1) is 5.92 Å². The van der Waals surface area contributed by atoms with Gasteiger partial charge in [0.15, 0.2) is 0 Å². The standard InChI is InChI=1S/C14H28N2O/c1-14(2)10-13(4-7-15-14)16(3)11-12-5-8-17-9-6-12/h12-13,15H,4-11H2,1-3H3. The van der Waals surface area contributed by atoms with Crippen LogP contribution in [-0.2, 0) is 4.74 Å². The minimum Gasteiger partial charge on any atom is -0.381 e. The Kier molecular flexibility index (Phi) is 4.45. The van der Waals surface area contributed by atoms with Crippen LogP contribution >= 0.6 is 0 Å². The minimum absolute atomic E-state index is 0.312. The van der Waals surface area contributed by atoms with Crippen LogP contribution in [0.1, 0.15) is 39.5 Å². The maximum absolute atomic E-state index is 5.43. The highest BCUT2D eigenvalue weighted by molar-refractivity contribution is 4.90. The van der Waals surface area contributed by atoms with E-state index in [0.717, 1.165) is 31.7 Å². The smallest absolute Gasteiger partial charge is 0.0469 e. The van der Waals surface area contributed by atoms with Gasteiger partial charge in [0.25, 0.3) is 0 Å². The van der Waals surface area contributed by atoms with Gasteiger partial charge in [0.05, 0.1) is 0 Å². The molecular formula is C14H28N2O. The van der Waals surface area contributed by atoms with Crippen LogP contribution in [0.3, 0.4) is 0 Å². The lowest BCUT2D eigenvalue weighted by molar-refractivity contribution is 0.0435. The second-order valence-corrected chi connectivity index (χ2v) is 6.45. The molecule has 0 spiro atoms. The zero-order valence-electron chi connectivity index (χ0n) is 11.7. The summed E-state index contributed by atoms with van der Waals surface area (Å²) >= 11 is 0. The monoisotopic (exact) mass is 240 g/mol. The Morgan fingerprint density at radius 3 is 2.59 bits per heavy atom. The molecule has 0 aromatic carbocycles. The van der Waals surface area contributed by atoms with Gasteiger partial charge in [0, 0.05) is 31.3 Å². The molecule has 100 valence electrons. The summed E-state index contributed by atoms with van der Waals surface area (Å²) < 4.78 is 5.43. The third-order valence-electron chi connectivity index (χ3n) is 4.34. The summed E-state index contributed by atoms with van der Waals surface area (Å²) in [6.45, 7) is 9.00. The molecule has 0 bridgehead atoms. The van der Waals surface area contributed by atoms with E-state index < -0.39 is 0 Å². The molecule has 0 amide bonds. The SMILES string of the molecule is CN(CC1CCOCC1)C1CCNC(C)(C)C1. The third-order valence-corrected chi connectivity index (χ3v) is 4.34. The molecule has 3 nitrogen and oxygen atoms in total. The first kappa shape index (κ1) is 13.3. The first-order valence-corrected chi connectivity index (χ1v) is 7.10. The van der Waals surface area contributed by atoms with Crippen molar-refractivity contribution < 1.29 is 4.74 Å². The topological polar surface area (TPSA) is 24.5 Å². The van der Waals surface area contributed by atoms with E-state index in [1.807, 2.05) is 0 Å². The van der Waals surface area contributed by atoms with Crippen molar-refractivity contribution in [3.05, 3.63) is 0 Å². The quantitative estimate of drug-likeness (QED) is 0.815. The Balaban J connectivity index is 1.80. The van der Waals surface area contributed by atoms with Crippen molar-refractivity contribution in [3.8, 4) is 0 Å². The van der Waals surface area contributed by atoms with E-state index in [0.29, 0.717) is 5.54 Å². The number of rotatable bonds is 3. The van der Waals surface area contributed by atoms with Crippen molar-refractivity contribution in [1.82, 2.24) is 10.2 Å². The summed E-state index contributed by atoms with van der Waals surface area (Å²) in [6, 6.07) is 0.758. The Bertz CT molecular complexity index is 236. The lowest BCUT2D eigenvalue weighted by Gasteiger charge is -2.42.